The van der Waals surface area contributed by atoms with Gasteiger partial charge in [-0.15, -0.1) is 0 Å². The maximum Gasteiger partial charge on any atom is 0.282 e. The van der Waals surface area contributed by atoms with Crippen LogP contribution in [-0.2, 0) is 9.59 Å². The molecule has 8 nitrogen and oxygen atoms in total. The topological polar surface area (TPSA) is 87.0 Å². The van der Waals surface area contributed by atoms with Crippen LogP contribution in [-0.4, -0.2) is 59.8 Å². The van der Waals surface area contributed by atoms with E-state index in [1.54, 1.807) is 11.9 Å². The highest BCUT2D eigenvalue weighted by atomic mass is 19.2. The Bertz CT molecular complexity index is 1160. The van der Waals surface area contributed by atoms with E-state index in [1.165, 1.54) is 30.3 Å². The first-order valence-electron chi connectivity index (χ1n) is 10.4. The van der Waals surface area contributed by atoms with E-state index in [9.17, 15) is 28.5 Å². The minimum Gasteiger partial charge on any atom is -0.366 e. The number of piperidine rings is 1. The summed E-state index contributed by atoms with van der Waals surface area (Å²) in [5.41, 5.74) is 0.293. The number of hydrogen-bond donors (Lipinski definition) is 0. The molecule has 0 bridgehead atoms. The predicted octanol–water partition coefficient (Wildman–Crippen LogP) is 3.18. The van der Waals surface area contributed by atoms with E-state index >= 15 is 0 Å². The van der Waals surface area contributed by atoms with Crippen LogP contribution in [0.5, 0.6) is 0 Å². The van der Waals surface area contributed by atoms with Crippen LogP contribution in [0.15, 0.2) is 48.2 Å². The first-order valence-corrected chi connectivity index (χ1v) is 10.4. The van der Waals surface area contributed by atoms with Crippen molar-refractivity contribution in [1.82, 2.24) is 9.80 Å². The largest absolute Gasteiger partial charge is 0.366 e. The molecule has 0 unspecified atom stereocenters. The number of nitro groups is 1. The number of imide groups is 1. The van der Waals surface area contributed by atoms with Crippen LogP contribution in [0, 0.1) is 21.7 Å². The van der Waals surface area contributed by atoms with Crippen molar-refractivity contribution in [3.63, 3.8) is 0 Å². The number of hydrogen-bond acceptors (Lipinski definition) is 6. The molecule has 2 heterocycles. The Balaban J connectivity index is 1.79. The number of benzene rings is 2. The Kier molecular flexibility index (Phi) is 5.94. The maximum atomic E-state index is 13.9. The molecule has 1 saturated heterocycles. The normalized spacial score (nSPS) is 17.8. The number of halogens is 2. The third-order valence-corrected chi connectivity index (χ3v) is 6.18. The number of carbonyl (C=O) groups excluding carboxylic acids is 2. The lowest BCUT2D eigenvalue weighted by Gasteiger charge is -2.36. The average Bonchev–Trinajstić information content (AvgIpc) is 3.05. The molecule has 0 aromatic heterocycles. The van der Waals surface area contributed by atoms with Gasteiger partial charge in [0.1, 0.15) is 5.70 Å². The molecule has 0 saturated carbocycles. The quantitative estimate of drug-likeness (QED) is 0.390. The molecule has 2 aliphatic heterocycles. The van der Waals surface area contributed by atoms with E-state index in [0.29, 0.717) is 5.56 Å². The Hall–Kier alpha value is -3.66. The summed E-state index contributed by atoms with van der Waals surface area (Å²) in [6.07, 6.45) is 1.55. The Morgan fingerprint density at radius 2 is 1.64 bits per heavy atom. The smallest absolute Gasteiger partial charge is 0.282 e. The van der Waals surface area contributed by atoms with Crippen molar-refractivity contribution in [3.8, 4) is 0 Å². The zero-order chi connectivity index (χ0) is 23.9. The Morgan fingerprint density at radius 1 is 1.00 bits per heavy atom. The molecule has 0 atom stereocenters. The minimum absolute atomic E-state index is 0.00842. The van der Waals surface area contributed by atoms with Crippen molar-refractivity contribution in [2.24, 2.45) is 0 Å². The zero-order valence-corrected chi connectivity index (χ0v) is 18.1. The molecule has 10 heteroatoms. The number of non-ortho nitro benzene ring substituents is 1. The van der Waals surface area contributed by atoms with Gasteiger partial charge in [0.05, 0.1) is 16.2 Å². The summed E-state index contributed by atoms with van der Waals surface area (Å²) in [6.45, 7) is 1.65. The van der Waals surface area contributed by atoms with Crippen molar-refractivity contribution in [2.75, 3.05) is 32.1 Å². The van der Waals surface area contributed by atoms with Crippen molar-refractivity contribution < 1.29 is 23.3 Å². The SMILES string of the molecule is CN1CCC(N(C)C2=C(c3ccc([N+](=O)[O-])cc3)C(=O)N(c3ccc(F)c(F)c3)C2=O)CC1. The van der Waals surface area contributed by atoms with Crippen molar-refractivity contribution in [1.29, 1.82) is 0 Å². The van der Waals surface area contributed by atoms with Crippen LogP contribution in [0.25, 0.3) is 5.57 Å². The van der Waals surface area contributed by atoms with Crippen LogP contribution < -0.4 is 4.90 Å². The average molecular weight is 456 g/mol. The number of nitro benzene ring substituents is 1. The standard InChI is InChI=1S/C23H22F2N4O4/c1-26-11-9-15(10-12-26)27(2)21-20(14-3-5-16(6-4-14)29(32)33)22(30)28(23(21)31)17-7-8-18(24)19(25)13-17/h3-8,13,15H,9-12H2,1-2H3. The molecule has 172 valence electrons. The second-order valence-corrected chi connectivity index (χ2v) is 8.22. The molecule has 0 radical (unpaired) electrons. The first kappa shape index (κ1) is 22.5. The summed E-state index contributed by atoms with van der Waals surface area (Å²) < 4.78 is 27.4. The van der Waals surface area contributed by atoms with Crippen LogP contribution in [0.3, 0.4) is 0 Å². The molecule has 2 aliphatic rings. The maximum absolute atomic E-state index is 13.9. The van der Waals surface area contributed by atoms with Crippen LogP contribution in [0.2, 0.25) is 0 Å². The molecule has 2 amide bonds. The fourth-order valence-corrected chi connectivity index (χ4v) is 4.28. The highest BCUT2D eigenvalue weighted by Gasteiger charge is 2.43. The van der Waals surface area contributed by atoms with Gasteiger partial charge in [0.2, 0.25) is 0 Å². The highest BCUT2D eigenvalue weighted by molar-refractivity contribution is 6.45. The Labute approximate surface area is 188 Å². The lowest BCUT2D eigenvalue weighted by molar-refractivity contribution is -0.384. The lowest BCUT2D eigenvalue weighted by Crippen LogP contribution is -2.43. The fraction of sp³-hybridized carbons (Fsp3) is 0.304. The number of rotatable bonds is 5. The summed E-state index contributed by atoms with van der Waals surface area (Å²) in [7, 11) is 3.74. The molecule has 0 N–H and O–H groups in total. The van der Waals surface area contributed by atoms with Gasteiger partial charge in [0, 0.05) is 31.3 Å². The second-order valence-electron chi connectivity index (χ2n) is 8.22. The lowest BCUT2D eigenvalue weighted by atomic mass is 10.00. The predicted molar refractivity (Wildman–Crippen MR) is 117 cm³/mol. The molecule has 2 aromatic carbocycles. The molecule has 4 rings (SSSR count). The van der Waals surface area contributed by atoms with E-state index in [1.807, 2.05) is 7.05 Å². The van der Waals surface area contributed by atoms with Gasteiger partial charge in [-0.25, -0.2) is 13.7 Å². The third kappa shape index (κ3) is 4.09. The number of likely N-dealkylation sites (N-methyl/N-ethyl adjacent to an activating group) is 1. The molecule has 0 aliphatic carbocycles. The van der Waals surface area contributed by atoms with Crippen LogP contribution in [0.4, 0.5) is 20.2 Å². The van der Waals surface area contributed by atoms with E-state index < -0.39 is 28.4 Å². The first-order chi connectivity index (χ1) is 15.7. The number of likely N-dealkylation sites (tertiary alicyclic amines) is 1. The third-order valence-electron chi connectivity index (χ3n) is 6.18. The van der Waals surface area contributed by atoms with Gasteiger partial charge in [-0.2, -0.15) is 0 Å². The van der Waals surface area contributed by atoms with Crippen molar-refractivity contribution >= 4 is 28.8 Å². The van der Waals surface area contributed by atoms with Crippen LogP contribution >= 0.6 is 0 Å². The molecular formula is C23H22F2N4O4. The minimum atomic E-state index is -1.18. The summed E-state index contributed by atoms with van der Waals surface area (Å²) in [5, 5.41) is 11.0. The molecular weight excluding hydrogens is 434 g/mol. The number of amides is 2. The molecule has 1 fully saturated rings. The second kappa shape index (κ2) is 8.70. The van der Waals surface area contributed by atoms with E-state index in [-0.39, 0.29) is 28.7 Å². The van der Waals surface area contributed by atoms with Gasteiger partial charge >= 0.3 is 0 Å². The van der Waals surface area contributed by atoms with Crippen LogP contribution in [0.1, 0.15) is 18.4 Å². The van der Waals surface area contributed by atoms with Gasteiger partial charge in [-0.05, 0) is 62.8 Å². The summed E-state index contributed by atoms with van der Waals surface area (Å²) in [5.74, 6) is -3.62. The Morgan fingerprint density at radius 3 is 2.21 bits per heavy atom. The van der Waals surface area contributed by atoms with Gasteiger partial charge < -0.3 is 9.80 Å². The summed E-state index contributed by atoms with van der Waals surface area (Å²) in [4.78, 5) is 42.2. The summed E-state index contributed by atoms with van der Waals surface area (Å²) in [6, 6.07) is 8.16. The number of carbonyl (C=O) groups is 2. The van der Waals surface area contributed by atoms with Gasteiger partial charge in [-0.3, -0.25) is 19.7 Å². The van der Waals surface area contributed by atoms with E-state index in [4.69, 9.17) is 0 Å². The molecule has 33 heavy (non-hydrogen) atoms. The number of nitrogens with zero attached hydrogens (tertiary/aromatic N) is 4. The van der Waals surface area contributed by atoms with E-state index in [2.05, 4.69) is 4.90 Å². The highest BCUT2D eigenvalue weighted by Crippen LogP contribution is 2.37. The van der Waals surface area contributed by atoms with Gasteiger partial charge in [0.15, 0.2) is 11.6 Å². The number of anilines is 1. The fourth-order valence-electron chi connectivity index (χ4n) is 4.28. The monoisotopic (exact) mass is 456 g/mol. The van der Waals surface area contributed by atoms with E-state index in [0.717, 1.165) is 43.0 Å². The molecule has 0 spiro atoms. The molecule has 2 aromatic rings. The van der Waals surface area contributed by atoms with Crippen molar-refractivity contribution in [2.45, 2.75) is 18.9 Å². The summed E-state index contributed by atoms with van der Waals surface area (Å²) >= 11 is 0. The van der Waals surface area contributed by atoms with Gasteiger partial charge in [-0.1, -0.05) is 0 Å². The van der Waals surface area contributed by atoms with Gasteiger partial charge in [0.25, 0.3) is 17.5 Å². The zero-order valence-electron chi connectivity index (χ0n) is 18.1. The van der Waals surface area contributed by atoms with Crippen molar-refractivity contribution in [3.05, 3.63) is 75.5 Å².